The van der Waals surface area contributed by atoms with Gasteiger partial charge in [0.05, 0.1) is 10.6 Å². The number of anilines is 3. The van der Waals surface area contributed by atoms with Crippen LogP contribution in [-0.4, -0.2) is 21.4 Å². The molecular formula is C15H18FN5O2. The minimum atomic E-state index is -0.582. The van der Waals surface area contributed by atoms with Gasteiger partial charge in [0, 0.05) is 6.54 Å². The van der Waals surface area contributed by atoms with Crippen molar-refractivity contribution in [1.29, 1.82) is 0 Å². The van der Waals surface area contributed by atoms with Crippen molar-refractivity contribution < 1.29 is 9.31 Å². The van der Waals surface area contributed by atoms with Crippen LogP contribution >= 0.6 is 0 Å². The summed E-state index contributed by atoms with van der Waals surface area (Å²) in [5.74, 6) is 0.000710. The zero-order valence-corrected chi connectivity index (χ0v) is 12.9. The van der Waals surface area contributed by atoms with Crippen LogP contribution in [-0.2, 0) is 0 Å². The van der Waals surface area contributed by atoms with Crippen LogP contribution in [0.25, 0.3) is 0 Å². The second-order valence-electron chi connectivity index (χ2n) is 5.39. The summed E-state index contributed by atoms with van der Waals surface area (Å²) >= 11 is 0. The largest absolute Gasteiger partial charge is 0.364 e. The first kappa shape index (κ1) is 16.6. The number of hydrogen-bond acceptors (Lipinski definition) is 6. The van der Waals surface area contributed by atoms with Gasteiger partial charge >= 0.3 is 5.69 Å². The zero-order chi connectivity index (χ0) is 16.8. The van der Waals surface area contributed by atoms with Crippen LogP contribution in [0.1, 0.15) is 20.3 Å². The van der Waals surface area contributed by atoms with E-state index in [9.17, 15) is 14.5 Å². The van der Waals surface area contributed by atoms with Gasteiger partial charge in [-0.2, -0.15) is 0 Å². The molecule has 0 aliphatic heterocycles. The Labute approximate surface area is 133 Å². The summed E-state index contributed by atoms with van der Waals surface area (Å²) in [7, 11) is 0. The fourth-order valence-electron chi connectivity index (χ4n) is 1.94. The van der Waals surface area contributed by atoms with Gasteiger partial charge in [-0.1, -0.05) is 26.0 Å². The van der Waals surface area contributed by atoms with Crippen LogP contribution in [0, 0.1) is 21.8 Å². The van der Waals surface area contributed by atoms with Crippen molar-refractivity contribution in [3.05, 3.63) is 46.5 Å². The minimum absolute atomic E-state index is 0.0536. The number of aromatic nitrogens is 2. The van der Waals surface area contributed by atoms with E-state index in [1.54, 1.807) is 6.07 Å². The Morgan fingerprint density at radius 2 is 1.96 bits per heavy atom. The molecule has 0 amide bonds. The second-order valence-corrected chi connectivity index (χ2v) is 5.39. The van der Waals surface area contributed by atoms with E-state index in [4.69, 9.17) is 0 Å². The Hall–Kier alpha value is -2.77. The highest BCUT2D eigenvalue weighted by Gasteiger charge is 2.23. The average Bonchev–Trinajstić information content (AvgIpc) is 2.49. The normalized spacial score (nSPS) is 10.6. The molecule has 1 heterocycles. The van der Waals surface area contributed by atoms with Gasteiger partial charge < -0.3 is 10.6 Å². The lowest BCUT2D eigenvalue weighted by atomic mass is 10.1. The average molecular weight is 319 g/mol. The summed E-state index contributed by atoms with van der Waals surface area (Å²) < 4.78 is 13.7. The Morgan fingerprint density at radius 1 is 1.26 bits per heavy atom. The highest BCUT2D eigenvalue weighted by Crippen LogP contribution is 2.31. The van der Waals surface area contributed by atoms with Gasteiger partial charge in [0.25, 0.3) is 0 Å². The molecule has 0 saturated heterocycles. The van der Waals surface area contributed by atoms with Gasteiger partial charge in [-0.25, -0.2) is 14.4 Å². The van der Waals surface area contributed by atoms with Gasteiger partial charge in [0.2, 0.25) is 11.6 Å². The standard InChI is InChI=1S/C15H18FN5O2/c1-10(2)7-8-17-14-13(21(22)23)15(19-9-18-14)20-12-6-4-3-5-11(12)16/h3-6,9-10H,7-8H2,1-2H3,(H2,17,18,19,20). The van der Waals surface area contributed by atoms with E-state index < -0.39 is 10.7 Å². The highest BCUT2D eigenvalue weighted by atomic mass is 19.1. The molecule has 1 aromatic heterocycles. The van der Waals surface area contributed by atoms with Crippen molar-refractivity contribution in [2.45, 2.75) is 20.3 Å². The molecule has 0 bridgehead atoms. The second kappa shape index (κ2) is 7.48. The monoisotopic (exact) mass is 319 g/mol. The maximum absolute atomic E-state index is 13.7. The summed E-state index contributed by atoms with van der Waals surface area (Å²) in [5, 5.41) is 17.0. The van der Waals surface area contributed by atoms with Crippen molar-refractivity contribution >= 4 is 23.0 Å². The summed E-state index contributed by atoms with van der Waals surface area (Å²) in [5.41, 5.74) is -0.193. The maximum atomic E-state index is 13.7. The predicted octanol–water partition coefficient (Wildman–Crippen LogP) is 3.73. The molecular weight excluding hydrogens is 301 g/mol. The van der Waals surface area contributed by atoms with Crippen LogP contribution in [0.4, 0.5) is 27.4 Å². The number of benzene rings is 1. The third kappa shape index (κ3) is 4.35. The Morgan fingerprint density at radius 3 is 2.61 bits per heavy atom. The number of nitrogens with zero attached hydrogens (tertiary/aromatic N) is 3. The van der Waals surface area contributed by atoms with Crippen LogP contribution in [0.2, 0.25) is 0 Å². The van der Waals surface area contributed by atoms with E-state index in [2.05, 4.69) is 34.4 Å². The zero-order valence-electron chi connectivity index (χ0n) is 12.9. The molecule has 0 saturated carbocycles. The molecule has 2 N–H and O–H groups in total. The molecule has 0 aliphatic rings. The van der Waals surface area contributed by atoms with Crippen LogP contribution in [0.3, 0.4) is 0 Å². The molecule has 23 heavy (non-hydrogen) atoms. The van der Waals surface area contributed by atoms with E-state index in [1.807, 2.05) is 0 Å². The van der Waals surface area contributed by atoms with Gasteiger partial charge in [-0.3, -0.25) is 10.1 Å². The fourth-order valence-corrected chi connectivity index (χ4v) is 1.94. The number of rotatable bonds is 7. The quantitative estimate of drug-likeness (QED) is 0.596. The predicted molar refractivity (Wildman–Crippen MR) is 86.3 cm³/mol. The maximum Gasteiger partial charge on any atom is 0.353 e. The molecule has 0 fully saturated rings. The van der Waals surface area contributed by atoms with Gasteiger partial charge in [-0.15, -0.1) is 0 Å². The van der Waals surface area contributed by atoms with E-state index in [1.165, 1.54) is 24.5 Å². The van der Waals surface area contributed by atoms with Crippen LogP contribution in [0.5, 0.6) is 0 Å². The number of nitrogens with one attached hydrogen (secondary N) is 2. The topological polar surface area (TPSA) is 93.0 Å². The molecule has 0 aliphatic carbocycles. The van der Waals surface area contributed by atoms with Crippen LogP contribution < -0.4 is 10.6 Å². The number of nitro groups is 1. The lowest BCUT2D eigenvalue weighted by molar-refractivity contribution is -0.383. The SMILES string of the molecule is CC(C)CCNc1ncnc(Nc2ccccc2F)c1[N+](=O)[O-]. The molecule has 0 atom stereocenters. The molecule has 122 valence electrons. The van der Waals surface area contributed by atoms with Crippen molar-refractivity contribution in [2.24, 2.45) is 5.92 Å². The van der Waals surface area contributed by atoms with E-state index in [-0.39, 0.29) is 23.0 Å². The van der Waals surface area contributed by atoms with Gasteiger partial charge in [0.1, 0.15) is 12.1 Å². The van der Waals surface area contributed by atoms with Crippen molar-refractivity contribution in [3.8, 4) is 0 Å². The number of halogens is 1. The summed E-state index contributed by atoms with van der Waals surface area (Å²) in [6.45, 7) is 4.66. The van der Waals surface area contributed by atoms with Gasteiger partial charge in [0.15, 0.2) is 0 Å². The number of hydrogen-bond donors (Lipinski definition) is 2. The summed E-state index contributed by atoms with van der Waals surface area (Å²) in [6.07, 6.45) is 2.05. The molecule has 1 aromatic carbocycles. The van der Waals surface area contributed by atoms with E-state index >= 15 is 0 Å². The van der Waals surface area contributed by atoms with Crippen molar-refractivity contribution in [1.82, 2.24) is 9.97 Å². The molecule has 0 unspecified atom stereocenters. The van der Waals surface area contributed by atoms with Crippen molar-refractivity contribution in [2.75, 3.05) is 17.2 Å². The summed E-state index contributed by atoms with van der Waals surface area (Å²) in [4.78, 5) is 18.6. The Balaban J connectivity index is 2.29. The smallest absolute Gasteiger partial charge is 0.353 e. The molecule has 0 radical (unpaired) electrons. The molecule has 8 heteroatoms. The highest BCUT2D eigenvalue weighted by molar-refractivity contribution is 5.73. The van der Waals surface area contributed by atoms with Gasteiger partial charge in [-0.05, 0) is 24.5 Å². The lowest BCUT2D eigenvalue weighted by Crippen LogP contribution is -2.10. The third-order valence-corrected chi connectivity index (χ3v) is 3.15. The van der Waals surface area contributed by atoms with Crippen molar-refractivity contribution in [3.63, 3.8) is 0 Å². The summed E-state index contributed by atoms with van der Waals surface area (Å²) in [6, 6.07) is 5.90. The first-order valence-corrected chi connectivity index (χ1v) is 7.24. The lowest BCUT2D eigenvalue weighted by Gasteiger charge is -2.11. The fraction of sp³-hybridized carbons (Fsp3) is 0.333. The molecule has 7 nitrogen and oxygen atoms in total. The van der Waals surface area contributed by atoms with E-state index in [0.717, 1.165) is 6.42 Å². The Bertz CT molecular complexity index is 693. The first-order valence-electron chi connectivity index (χ1n) is 7.24. The molecule has 2 rings (SSSR count). The molecule has 2 aromatic rings. The third-order valence-electron chi connectivity index (χ3n) is 3.15. The minimum Gasteiger partial charge on any atom is -0.364 e. The first-order chi connectivity index (χ1) is 11.0. The Kier molecular flexibility index (Phi) is 5.40. The number of para-hydroxylation sites is 1. The van der Waals surface area contributed by atoms with Crippen LogP contribution in [0.15, 0.2) is 30.6 Å². The molecule has 0 spiro atoms. The van der Waals surface area contributed by atoms with E-state index in [0.29, 0.717) is 12.5 Å².